The lowest BCUT2D eigenvalue weighted by molar-refractivity contribution is -0.148. The number of para-hydroxylation sites is 1. The summed E-state index contributed by atoms with van der Waals surface area (Å²) < 4.78 is 10.4. The molecule has 22 heavy (non-hydrogen) atoms. The molecule has 5 heteroatoms. The lowest BCUT2D eigenvalue weighted by Crippen LogP contribution is -2.45. The Balaban J connectivity index is 2.82. The Morgan fingerprint density at radius 1 is 1.14 bits per heavy atom. The summed E-state index contributed by atoms with van der Waals surface area (Å²) in [5, 5.41) is 2.74. The Morgan fingerprint density at radius 2 is 1.77 bits per heavy atom. The molecule has 5 nitrogen and oxygen atoms in total. The zero-order valence-electron chi connectivity index (χ0n) is 13.9. The molecule has 0 spiro atoms. The molecule has 0 saturated heterocycles. The molecular weight excluding hydrogens is 282 g/mol. The van der Waals surface area contributed by atoms with E-state index in [4.69, 9.17) is 9.47 Å². The molecule has 122 valence electrons. The molecule has 1 aromatic carbocycles. The van der Waals surface area contributed by atoms with Crippen LogP contribution < -0.4 is 10.1 Å². The molecule has 0 aliphatic carbocycles. The first kappa shape index (κ1) is 18.0. The number of hydrogen-bond acceptors (Lipinski definition) is 4. The fourth-order valence-corrected chi connectivity index (χ4v) is 1.89. The molecular formula is C17H25NO4. The van der Waals surface area contributed by atoms with Crippen LogP contribution in [0.1, 0.15) is 38.1 Å². The van der Waals surface area contributed by atoms with Gasteiger partial charge in [0, 0.05) is 0 Å². The average Bonchev–Trinajstić information content (AvgIpc) is 2.49. The van der Waals surface area contributed by atoms with Crippen molar-refractivity contribution in [2.24, 2.45) is 11.8 Å². The van der Waals surface area contributed by atoms with E-state index < -0.39 is 12.0 Å². The van der Waals surface area contributed by atoms with Crippen LogP contribution in [0.4, 0.5) is 0 Å². The zero-order chi connectivity index (χ0) is 16.7. The summed E-state index contributed by atoms with van der Waals surface area (Å²) in [4.78, 5) is 24.5. The maximum atomic E-state index is 12.4. The summed E-state index contributed by atoms with van der Waals surface area (Å²) in [5.41, 5.74) is 0.396. The first-order valence-corrected chi connectivity index (χ1v) is 7.47. The van der Waals surface area contributed by atoms with E-state index in [1.807, 2.05) is 27.7 Å². The number of esters is 1. The first-order chi connectivity index (χ1) is 10.4. The van der Waals surface area contributed by atoms with Crippen LogP contribution in [0.2, 0.25) is 0 Å². The number of amides is 1. The topological polar surface area (TPSA) is 64.6 Å². The molecule has 1 aromatic rings. The van der Waals surface area contributed by atoms with Gasteiger partial charge in [-0.3, -0.25) is 4.79 Å². The van der Waals surface area contributed by atoms with Gasteiger partial charge in [-0.25, -0.2) is 4.79 Å². The van der Waals surface area contributed by atoms with Crippen LogP contribution in [0.15, 0.2) is 24.3 Å². The number of hydrogen-bond donors (Lipinski definition) is 1. The molecule has 0 fully saturated rings. The molecule has 0 saturated carbocycles. The van der Waals surface area contributed by atoms with Gasteiger partial charge in [0.15, 0.2) is 0 Å². The number of ether oxygens (including phenoxy) is 2. The third-order valence-electron chi connectivity index (χ3n) is 3.12. The minimum absolute atomic E-state index is 0.0710. The second-order valence-corrected chi connectivity index (χ2v) is 5.92. The maximum Gasteiger partial charge on any atom is 0.328 e. The summed E-state index contributed by atoms with van der Waals surface area (Å²) in [6.45, 7) is 8.00. The van der Waals surface area contributed by atoms with Crippen molar-refractivity contribution >= 4 is 11.9 Å². The van der Waals surface area contributed by atoms with Crippen LogP contribution >= 0.6 is 0 Å². The highest BCUT2D eigenvalue weighted by Crippen LogP contribution is 2.18. The molecule has 0 aromatic heterocycles. The van der Waals surface area contributed by atoms with Gasteiger partial charge in [-0.1, -0.05) is 39.8 Å². The van der Waals surface area contributed by atoms with Gasteiger partial charge in [-0.15, -0.1) is 0 Å². The number of benzene rings is 1. The van der Waals surface area contributed by atoms with Gasteiger partial charge in [0.2, 0.25) is 0 Å². The van der Waals surface area contributed by atoms with Gasteiger partial charge in [-0.2, -0.15) is 0 Å². The predicted octanol–water partition coefficient (Wildman–Crippen LogP) is 2.65. The standard InChI is InChI=1S/C17H25NO4/c1-11(2)10-22-17(20)15(12(3)4)18-16(19)13-8-6-7-9-14(13)21-5/h6-9,11-12,15H,10H2,1-5H3,(H,18,19). The number of nitrogens with one attached hydrogen (secondary N) is 1. The normalized spacial score (nSPS) is 12.1. The SMILES string of the molecule is COc1ccccc1C(=O)NC(C(=O)OCC(C)C)C(C)C. The quantitative estimate of drug-likeness (QED) is 0.787. The summed E-state index contributed by atoms with van der Waals surface area (Å²) in [5.74, 6) is -0.109. The molecule has 1 rings (SSSR count). The third kappa shape index (κ3) is 5.06. The van der Waals surface area contributed by atoms with Crippen molar-refractivity contribution < 1.29 is 19.1 Å². The van der Waals surface area contributed by atoms with Gasteiger partial charge in [-0.05, 0) is 24.0 Å². The van der Waals surface area contributed by atoms with Gasteiger partial charge in [0.25, 0.3) is 5.91 Å². The molecule has 0 radical (unpaired) electrons. The number of carbonyl (C=O) groups excluding carboxylic acids is 2. The van der Waals surface area contributed by atoms with Crippen molar-refractivity contribution in [1.29, 1.82) is 0 Å². The van der Waals surface area contributed by atoms with E-state index in [1.54, 1.807) is 24.3 Å². The monoisotopic (exact) mass is 307 g/mol. The number of methoxy groups -OCH3 is 1. The molecule has 0 heterocycles. The summed E-state index contributed by atoms with van der Waals surface area (Å²) in [6.07, 6.45) is 0. The van der Waals surface area contributed by atoms with Crippen LogP contribution in [0, 0.1) is 11.8 Å². The van der Waals surface area contributed by atoms with Crippen molar-refractivity contribution in [3.63, 3.8) is 0 Å². The van der Waals surface area contributed by atoms with Crippen LogP contribution in [0.25, 0.3) is 0 Å². The summed E-state index contributed by atoms with van der Waals surface area (Å²) >= 11 is 0. The van der Waals surface area contributed by atoms with Crippen LogP contribution in [0.5, 0.6) is 5.75 Å². The van der Waals surface area contributed by atoms with E-state index in [2.05, 4.69) is 5.32 Å². The molecule has 0 bridgehead atoms. The second kappa shape index (κ2) is 8.41. The molecule has 1 unspecified atom stereocenters. The van der Waals surface area contributed by atoms with Crippen LogP contribution in [0.3, 0.4) is 0 Å². The first-order valence-electron chi connectivity index (χ1n) is 7.47. The Labute approximate surface area is 132 Å². The van der Waals surface area contributed by atoms with Crippen molar-refractivity contribution in [3.8, 4) is 5.75 Å². The lowest BCUT2D eigenvalue weighted by Gasteiger charge is -2.22. The molecule has 0 aliphatic heterocycles. The molecule has 1 amide bonds. The average molecular weight is 307 g/mol. The van der Waals surface area contributed by atoms with E-state index >= 15 is 0 Å². The minimum Gasteiger partial charge on any atom is -0.496 e. The van der Waals surface area contributed by atoms with Crippen LogP contribution in [-0.2, 0) is 9.53 Å². The van der Waals surface area contributed by atoms with E-state index in [1.165, 1.54) is 7.11 Å². The van der Waals surface area contributed by atoms with E-state index in [0.29, 0.717) is 17.9 Å². The summed E-state index contributed by atoms with van der Waals surface area (Å²) in [6, 6.07) is 6.21. The highest BCUT2D eigenvalue weighted by Gasteiger charge is 2.27. The Bertz CT molecular complexity index is 511. The second-order valence-electron chi connectivity index (χ2n) is 5.92. The number of rotatable bonds is 7. The Morgan fingerprint density at radius 3 is 2.32 bits per heavy atom. The maximum absolute atomic E-state index is 12.4. The Hall–Kier alpha value is -2.04. The molecule has 1 atom stereocenters. The lowest BCUT2D eigenvalue weighted by atomic mass is 10.0. The summed E-state index contributed by atoms with van der Waals surface area (Å²) in [7, 11) is 1.50. The smallest absolute Gasteiger partial charge is 0.328 e. The Kier molecular flexibility index (Phi) is 6.89. The fourth-order valence-electron chi connectivity index (χ4n) is 1.89. The van der Waals surface area contributed by atoms with Gasteiger partial charge >= 0.3 is 5.97 Å². The number of carbonyl (C=O) groups is 2. The largest absolute Gasteiger partial charge is 0.496 e. The third-order valence-corrected chi connectivity index (χ3v) is 3.12. The van der Waals surface area contributed by atoms with Crippen molar-refractivity contribution in [2.45, 2.75) is 33.7 Å². The highest BCUT2D eigenvalue weighted by atomic mass is 16.5. The van der Waals surface area contributed by atoms with E-state index in [-0.39, 0.29) is 17.7 Å². The zero-order valence-corrected chi connectivity index (χ0v) is 13.9. The predicted molar refractivity (Wildman–Crippen MR) is 84.9 cm³/mol. The van der Waals surface area contributed by atoms with Gasteiger partial charge < -0.3 is 14.8 Å². The van der Waals surface area contributed by atoms with Gasteiger partial charge in [0.05, 0.1) is 19.3 Å². The van der Waals surface area contributed by atoms with Crippen molar-refractivity contribution in [2.75, 3.05) is 13.7 Å². The highest BCUT2D eigenvalue weighted by molar-refractivity contribution is 5.99. The molecule has 0 aliphatic rings. The van der Waals surface area contributed by atoms with Crippen LogP contribution in [-0.4, -0.2) is 31.6 Å². The minimum atomic E-state index is -0.684. The molecule has 1 N–H and O–H groups in total. The van der Waals surface area contributed by atoms with Crippen molar-refractivity contribution in [3.05, 3.63) is 29.8 Å². The van der Waals surface area contributed by atoms with Crippen molar-refractivity contribution in [1.82, 2.24) is 5.32 Å². The fraction of sp³-hybridized carbons (Fsp3) is 0.529. The van der Waals surface area contributed by atoms with Gasteiger partial charge in [0.1, 0.15) is 11.8 Å². The van der Waals surface area contributed by atoms with E-state index in [9.17, 15) is 9.59 Å². The van der Waals surface area contributed by atoms with E-state index in [0.717, 1.165) is 0 Å².